The molecular weight excluding hydrogens is 280 g/mol. The van der Waals surface area contributed by atoms with Crippen molar-refractivity contribution in [1.82, 2.24) is 15.0 Å². The highest BCUT2D eigenvalue weighted by molar-refractivity contribution is 9.10. The fraction of sp³-hybridized carbons (Fsp3) is 0.125. The van der Waals surface area contributed by atoms with Crippen LogP contribution in [0.15, 0.2) is 26.6 Å². The summed E-state index contributed by atoms with van der Waals surface area (Å²) in [6.45, 7) is 0. The first-order chi connectivity index (χ1) is 7.20. The molecule has 0 aliphatic heterocycles. The zero-order valence-corrected chi connectivity index (χ0v) is 10.2. The minimum absolute atomic E-state index is 0.206. The average molecular weight is 287 g/mol. The van der Waals surface area contributed by atoms with Crippen LogP contribution in [0.4, 0.5) is 5.95 Å². The molecule has 0 aromatic carbocycles. The van der Waals surface area contributed by atoms with Gasteiger partial charge in [-0.25, -0.2) is 4.98 Å². The Morgan fingerprint density at radius 1 is 1.40 bits per heavy atom. The minimum Gasteiger partial charge on any atom is -0.457 e. The van der Waals surface area contributed by atoms with E-state index in [9.17, 15) is 0 Å². The fourth-order valence-electron chi connectivity index (χ4n) is 1.04. The SMILES string of the molecule is CSc1nc(N)nc(-c2ccoc2Br)n1. The fourth-order valence-corrected chi connectivity index (χ4v) is 1.82. The lowest BCUT2D eigenvalue weighted by molar-refractivity contribution is 0.542. The molecule has 2 N–H and O–H groups in total. The lowest BCUT2D eigenvalue weighted by Crippen LogP contribution is -2.00. The number of nitrogens with two attached hydrogens (primary N) is 1. The number of furan rings is 1. The molecule has 2 aromatic heterocycles. The third kappa shape index (κ3) is 2.13. The molecule has 0 saturated carbocycles. The summed E-state index contributed by atoms with van der Waals surface area (Å²) >= 11 is 4.67. The predicted molar refractivity (Wildman–Crippen MR) is 61.4 cm³/mol. The van der Waals surface area contributed by atoms with Crippen molar-refractivity contribution < 1.29 is 4.42 Å². The van der Waals surface area contributed by atoms with Crippen molar-refractivity contribution in [2.45, 2.75) is 5.16 Å². The van der Waals surface area contributed by atoms with Crippen LogP contribution in [0.25, 0.3) is 11.4 Å². The zero-order chi connectivity index (χ0) is 10.8. The van der Waals surface area contributed by atoms with Crippen molar-refractivity contribution in [3.8, 4) is 11.4 Å². The van der Waals surface area contributed by atoms with Gasteiger partial charge in [-0.1, -0.05) is 11.8 Å². The Balaban J connectivity index is 2.53. The van der Waals surface area contributed by atoms with E-state index in [1.165, 1.54) is 11.8 Å². The second kappa shape index (κ2) is 4.19. The maximum Gasteiger partial charge on any atom is 0.224 e. The monoisotopic (exact) mass is 286 g/mol. The summed E-state index contributed by atoms with van der Waals surface area (Å²) < 4.78 is 5.68. The molecule has 0 fully saturated rings. The summed E-state index contributed by atoms with van der Waals surface area (Å²) in [6.07, 6.45) is 3.43. The van der Waals surface area contributed by atoms with Crippen molar-refractivity contribution in [2.24, 2.45) is 0 Å². The molecule has 7 heteroatoms. The number of halogens is 1. The van der Waals surface area contributed by atoms with Gasteiger partial charge in [0.2, 0.25) is 5.95 Å². The number of thioether (sulfide) groups is 1. The highest BCUT2D eigenvalue weighted by Crippen LogP contribution is 2.27. The van der Waals surface area contributed by atoms with E-state index in [4.69, 9.17) is 10.2 Å². The molecule has 0 aliphatic carbocycles. The molecule has 0 radical (unpaired) electrons. The number of aromatic nitrogens is 3. The summed E-state index contributed by atoms with van der Waals surface area (Å²) in [5, 5.41) is 0.589. The largest absolute Gasteiger partial charge is 0.457 e. The first-order valence-electron chi connectivity index (χ1n) is 3.99. The molecule has 2 heterocycles. The van der Waals surface area contributed by atoms with Crippen LogP contribution in [0.2, 0.25) is 0 Å². The Kier molecular flexibility index (Phi) is 2.92. The summed E-state index contributed by atoms with van der Waals surface area (Å²) in [5.74, 6) is 0.713. The van der Waals surface area contributed by atoms with E-state index in [1.54, 1.807) is 12.3 Å². The zero-order valence-electron chi connectivity index (χ0n) is 7.77. The van der Waals surface area contributed by atoms with E-state index in [0.717, 1.165) is 5.56 Å². The second-order valence-corrected chi connectivity index (χ2v) is 4.11. The van der Waals surface area contributed by atoms with Crippen molar-refractivity contribution in [3.05, 3.63) is 17.0 Å². The Labute approximate surface area is 98.6 Å². The highest BCUT2D eigenvalue weighted by atomic mass is 79.9. The van der Waals surface area contributed by atoms with Gasteiger partial charge in [-0.15, -0.1) is 0 Å². The standard InChI is InChI=1S/C8H7BrN4OS/c1-15-8-12-6(11-7(10)13-8)4-2-3-14-5(4)9/h2-3H,1H3,(H2,10,11,12,13). The molecule has 5 nitrogen and oxygen atoms in total. The molecule has 0 bridgehead atoms. The molecule has 0 spiro atoms. The molecule has 0 saturated heterocycles. The topological polar surface area (TPSA) is 77.8 Å². The van der Waals surface area contributed by atoms with Gasteiger partial charge in [-0.2, -0.15) is 9.97 Å². The summed E-state index contributed by atoms with van der Waals surface area (Å²) in [7, 11) is 0. The van der Waals surface area contributed by atoms with Gasteiger partial charge in [0.25, 0.3) is 0 Å². The summed E-state index contributed by atoms with van der Waals surface area (Å²) in [6, 6.07) is 1.77. The van der Waals surface area contributed by atoms with E-state index in [2.05, 4.69) is 30.9 Å². The first-order valence-corrected chi connectivity index (χ1v) is 6.01. The third-order valence-corrected chi connectivity index (χ3v) is 2.84. The third-order valence-electron chi connectivity index (χ3n) is 1.67. The van der Waals surface area contributed by atoms with Crippen molar-refractivity contribution in [1.29, 1.82) is 0 Å². The maximum atomic E-state index is 5.57. The normalized spacial score (nSPS) is 10.5. The van der Waals surface area contributed by atoms with Crippen LogP contribution in [-0.4, -0.2) is 21.2 Å². The number of nitrogen functional groups attached to an aromatic ring is 1. The van der Waals surface area contributed by atoms with Crippen molar-refractivity contribution in [3.63, 3.8) is 0 Å². The van der Waals surface area contributed by atoms with Crippen molar-refractivity contribution in [2.75, 3.05) is 12.0 Å². The van der Waals surface area contributed by atoms with Gasteiger partial charge in [0, 0.05) is 0 Å². The molecule has 2 rings (SSSR count). The Hall–Kier alpha value is -1.08. The molecule has 0 amide bonds. The molecular formula is C8H7BrN4OS. The Bertz CT molecular complexity index is 487. The van der Waals surface area contributed by atoms with Gasteiger partial charge in [0.1, 0.15) is 0 Å². The minimum atomic E-state index is 0.206. The smallest absolute Gasteiger partial charge is 0.224 e. The molecule has 78 valence electrons. The Morgan fingerprint density at radius 3 is 2.80 bits per heavy atom. The summed E-state index contributed by atoms with van der Waals surface area (Å²) in [4.78, 5) is 12.2. The highest BCUT2D eigenvalue weighted by Gasteiger charge is 2.11. The molecule has 2 aromatic rings. The predicted octanol–water partition coefficient (Wildman–Crippen LogP) is 2.20. The van der Waals surface area contributed by atoms with E-state index in [0.29, 0.717) is 15.7 Å². The maximum absolute atomic E-state index is 5.57. The van der Waals surface area contributed by atoms with Crippen LogP contribution in [0.1, 0.15) is 0 Å². The molecule has 0 atom stereocenters. The molecule has 15 heavy (non-hydrogen) atoms. The number of anilines is 1. The quantitative estimate of drug-likeness (QED) is 0.853. The van der Waals surface area contributed by atoms with Crippen LogP contribution >= 0.6 is 27.7 Å². The number of hydrogen-bond donors (Lipinski definition) is 1. The van der Waals surface area contributed by atoms with Gasteiger partial charge in [-0.05, 0) is 28.3 Å². The molecule has 0 unspecified atom stereocenters. The Morgan fingerprint density at radius 2 is 2.20 bits per heavy atom. The molecule has 0 aliphatic rings. The van der Waals surface area contributed by atoms with E-state index < -0.39 is 0 Å². The van der Waals surface area contributed by atoms with Gasteiger partial charge in [0.15, 0.2) is 15.7 Å². The van der Waals surface area contributed by atoms with Crippen molar-refractivity contribution >= 4 is 33.6 Å². The van der Waals surface area contributed by atoms with Gasteiger partial charge in [-0.3, -0.25) is 0 Å². The van der Waals surface area contributed by atoms with Crippen LogP contribution in [-0.2, 0) is 0 Å². The van der Waals surface area contributed by atoms with Gasteiger partial charge >= 0.3 is 0 Å². The lowest BCUT2D eigenvalue weighted by atomic mass is 10.3. The number of nitrogens with zero attached hydrogens (tertiary/aromatic N) is 3. The van der Waals surface area contributed by atoms with Crippen LogP contribution in [0.3, 0.4) is 0 Å². The van der Waals surface area contributed by atoms with Crippen LogP contribution in [0, 0.1) is 0 Å². The second-order valence-electron chi connectivity index (χ2n) is 2.61. The van der Waals surface area contributed by atoms with Crippen LogP contribution < -0.4 is 5.73 Å². The van der Waals surface area contributed by atoms with Crippen LogP contribution in [0.5, 0.6) is 0 Å². The number of rotatable bonds is 2. The van der Waals surface area contributed by atoms with E-state index in [-0.39, 0.29) is 5.95 Å². The summed E-state index contributed by atoms with van der Waals surface area (Å²) in [5.41, 5.74) is 6.33. The first kappa shape index (κ1) is 10.4. The van der Waals surface area contributed by atoms with Gasteiger partial charge < -0.3 is 10.2 Å². The number of hydrogen-bond acceptors (Lipinski definition) is 6. The average Bonchev–Trinajstić information content (AvgIpc) is 2.63. The van der Waals surface area contributed by atoms with Gasteiger partial charge in [0.05, 0.1) is 11.8 Å². The lowest BCUT2D eigenvalue weighted by Gasteiger charge is -2.00. The van der Waals surface area contributed by atoms with E-state index in [1.807, 2.05) is 6.26 Å². The van der Waals surface area contributed by atoms with E-state index >= 15 is 0 Å².